The van der Waals surface area contributed by atoms with Gasteiger partial charge in [-0.1, -0.05) is 23.8 Å². The van der Waals surface area contributed by atoms with E-state index in [2.05, 4.69) is 49.8 Å². The van der Waals surface area contributed by atoms with Gasteiger partial charge in [0.15, 0.2) is 0 Å². The van der Waals surface area contributed by atoms with Crippen LogP contribution in [-0.4, -0.2) is 84.0 Å². The number of carbonyl (C=O) groups is 1. The summed E-state index contributed by atoms with van der Waals surface area (Å²) in [5.41, 5.74) is 3.40. The lowest BCUT2D eigenvalue weighted by atomic mass is 9.83. The van der Waals surface area contributed by atoms with Crippen molar-refractivity contribution in [1.29, 1.82) is 0 Å². The van der Waals surface area contributed by atoms with Gasteiger partial charge in [-0.05, 0) is 147 Å². The summed E-state index contributed by atoms with van der Waals surface area (Å²) >= 11 is 7.96. The summed E-state index contributed by atoms with van der Waals surface area (Å²) in [7, 11) is -3.52. The van der Waals surface area contributed by atoms with Crippen molar-refractivity contribution in [3.05, 3.63) is 59.9 Å². The lowest BCUT2D eigenvalue weighted by molar-refractivity contribution is -0.118. The largest absolute Gasteiger partial charge is 0.316 e. The number of ketones is 1. The first-order valence-electron chi connectivity index (χ1n) is 18.0. The third-order valence-corrected chi connectivity index (χ3v) is 14.7. The van der Waals surface area contributed by atoms with E-state index < -0.39 is 10.0 Å². The molecule has 2 N–H and O–H groups in total. The normalized spacial score (nSPS) is 22.2. The number of piperidine rings is 1. The monoisotopic (exact) mass is 764 g/mol. The van der Waals surface area contributed by atoms with E-state index >= 15 is 0 Å². The van der Waals surface area contributed by atoms with Crippen LogP contribution in [0.2, 0.25) is 0 Å². The molecule has 0 bridgehead atoms. The van der Waals surface area contributed by atoms with Gasteiger partial charge >= 0.3 is 0 Å². The molecule has 0 spiro atoms. The number of thioether (sulfide) groups is 4. The van der Waals surface area contributed by atoms with Gasteiger partial charge in [0, 0.05) is 42.5 Å². The fourth-order valence-corrected chi connectivity index (χ4v) is 11.3. The first-order valence-corrected chi connectivity index (χ1v) is 24.1. The number of sulfonamides is 1. The van der Waals surface area contributed by atoms with Crippen LogP contribution in [0.15, 0.2) is 58.8 Å². The first-order chi connectivity index (χ1) is 23.9. The first kappa shape index (κ1) is 40.6. The van der Waals surface area contributed by atoms with Crippen LogP contribution in [0, 0.1) is 18.8 Å². The minimum atomic E-state index is -3.52. The van der Waals surface area contributed by atoms with Gasteiger partial charge in [0.2, 0.25) is 0 Å². The van der Waals surface area contributed by atoms with Crippen LogP contribution in [0.3, 0.4) is 0 Å². The molecule has 6 heterocycles. The Morgan fingerprint density at radius 1 is 0.776 bits per heavy atom. The molecule has 5 aliphatic heterocycles. The zero-order chi connectivity index (χ0) is 34.6. The Kier molecular flexibility index (Phi) is 19.4. The molecule has 7 nitrogen and oxygen atoms in total. The van der Waals surface area contributed by atoms with E-state index in [-0.39, 0.29) is 4.90 Å². The molecule has 7 rings (SSSR count). The average Bonchev–Trinajstić information content (AvgIpc) is 3.17. The molecule has 1 aromatic carbocycles. The van der Waals surface area contributed by atoms with Crippen molar-refractivity contribution in [2.24, 2.45) is 16.9 Å². The number of hydrazone groups is 1. The number of aryl methyl sites for hydroxylation is 1. The molecule has 0 aliphatic carbocycles. The van der Waals surface area contributed by atoms with Gasteiger partial charge < -0.3 is 5.32 Å². The fourth-order valence-electron chi connectivity index (χ4n) is 6.33. The number of rotatable bonds is 5. The summed E-state index contributed by atoms with van der Waals surface area (Å²) in [6, 6.07) is 11.0. The molecule has 0 saturated carbocycles. The van der Waals surface area contributed by atoms with Crippen molar-refractivity contribution in [3.8, 4) is 0 Å². The molecule has 49 heavy (non-hydrogen) atoms. The minimum absolute atomic E-state index is 0.252. The zero-order valence-corrected chi connectivity index (χ0v) is 33.2. The number of aromatic nitrogens is 1. The van der Waals surface area contributed by atoms with Crippen LogP contribution in [0.1, 0.15) is 81.3 Å². The van der Waals surface area contributed by atoms with E-state index in [4.69, 9.17) is 0 Å². The third-order valence-electron chi connectivity index (χ3n) is 9.42. The molecular weight excluding hydrogens is 709 g/mol. The standard InChI is InChI=1S/C12H16N2O2S2.C10H19NS.C10H13NS.C5H8OS/c1-10-2-4-12(5-3-10)18(15,16)14-13-11-6-8-17-9-7-11;2*1-2-10(8-11-5-1)9-3-6-12-7-4-9;6-5-1-3-7-4-2-5/h2-5,14H,6-9H2,1H3;9-11H,1-8H2;1-2,5,8-9H,3-4,6-7H2;1-4H2. The van der Waals surface area contributed by atoms with Gasteiger partial charge in [0.1, 0.15) is 5.78 Å². The zero-order valence-electron chi connectivity index (χ0n) is 29.2. The topological polar surface area (TPSA) is 101 Å². The summed E-state index contributed by atoms with van der Waals surface area (Å²) in [6.45, 7) is 4.48. The Hall–Kier alpha value is -1.18. The number of nitrogens with one attached hydrogen (secondary N) is 2. The summed E-state index contributed by atoms with van der Waals surface area (Å²) in [5, 5.41) is 7.54. The minimum Gasteiger partial charge on any atom is -0.316 e. The summed E-state index contributed by atoms with van der Waals surface area (Å²) in [6.07, 6.45) is 15.7. The predicted octanol–water partition coefficient (Wildman–Crippen LogP) is 8.06. The van der Waals surface area contributed by atoms with Crippen molar-refractivity contribution in [2.75, 3.05) is 59.1 Å². The van der Waals surface area contributed by atoms with Gasteiger partial charge in [0.05, 0.1) is 4.90 Å². The van der Waals surface area contributed by atoms with Gasteiger partial charge in [-0.25, -0.2) is 4.83 Å². The highest BCUT2D eigenvalue weighted by Crippen LogP contribution is 2.32. The molecule has 2 aromatic rings. The van der Waals surface area contributed by atoms with E-state index in [1.807, 2.05) is 48.9 Å². The van der Waals surface area contributed by atoms with Crippen molar-refractivity contribution < 1.29 is 13.2 Å². The lowest BCUT2D eigenvalue weighted by Gasteiger charge is -2.33. The number of hydrogen-bond acceptors (Lipinski definition) is 10. The molecule has 1 aromatic heterocycles. The van der Waals surface area contributed by atoms with Crippen LogP contribution in [0.25, 0.3) is 0 Å². The predicted molar refractivity (Wildman–Crippen MR) is 216 cm³/mol. The second-order valence-corrected chi connectivity index (χ2v) is 19.6. The third kappa shape index (κ3) is 15.9. The molecule has 1 unspecified atom stereocenters. The SMILES string of the molecule is C1CNCC(C2CCSCC2)C1.Cc1ccc(S(=O)(=O)NN=C2CCSCC2)cc1.O=C1CCSCC1.c1cncc(C2CCSCC2)c1. The maximum absolute atomic E-state index is 12.0. The van der Waals surface area contributed by atoms with Crippen LogP contribution in [0.5, 0.6) is 0 Å². The van der Waals surface area contributed by atoms with E-state index in [0.717, 1.165) is 77.7 Å². The molecule has 0 radical (unpaired) electrons. The van der Waals surface area contributed by atoms with Crippen molar-refractivity contribution in [1.82, 2.24) is 15.1 Å². The number of Topliss-reactive ketones (excluding diaryl/α,β-unsaturated/α-hetero) is 1. The summed E-state index contributed by atoms with van der Waals surface area (Å²) < 4.78 is 23.9. The Labute approximate surface area is 313 Å². The Morgan fingerprint density at radius 2 is 1.39 bits per heavy atom. The second-order valence-electron chi connectivity index (χ2n) is 13.1. The highest BCUT2D eigenvalue weighted by atomic mass is 32.2. The Balaban J connectivity index is 0.000000154. The quantitative estimate of drug-likeness (QED) is 0.293. The highest BCUT2D eigenvalue weighted by Gasteiger charge is 2.25. The van der Waals surface area contributed by atoms with E-state index in [9.17, 15) is 13.2 Å². The molecular formula is C37H56N4O3S5. The lowest BCUT2D eigenvalue weighted by Crippen LogP contribution is -2.35. The van der Waals surface area contributed by atoms with Crippen molar-refractivity contribution in [3.63, 3.8) is 0 Å². The molecule has 5 fully saturated rings. The number of hydrogen-bond donors (Lipinski definition) is 2. The molecule has 5 aliphatic rings. The van der Waals surface area contributed by atoms with Crippen LogP contribution in [-0.2, 0) is 14.8 Å². The number of benzene rings is 1. The van der Waals surface area contributed by atoms with Crippen LogP contribution in [0.4, 0.5) is 0 Å². The van der Waals surface area contributed by atoms with E-state index in [1.54, 1.807) is 24.3 Å². The Bertz CT molecular complexity index is 1310. The van der Waals surface area contributed by atoms with Crippen molar-refractivity contribution in [2.45, 2.75) is 81.9 Å². The summed E-state index contributed by atoms with van der Waals surface area (Å²) in [4.78, 5) is 17.2. The highest BCUT2D eigenvalue weighted by molar-refractivity contribution is 8.00. The Morgan fingerprint density at radius 3 is 1.94 bits per heavy atom. The second kappa shape index (κ2) is 23.4. The molecule has 1 atom stereocenters. The maximum atomic E-state index is 12.0. The fraction of sp³-hybridized carbons (Fsp3) is 0.649. The molecule has 272 valence electrons. The van der Waals surface area contributed by atoms with Gasteiger partial charge in [0.25, 0.3) is 10.0 Å². The van der Waals surface area contributed by atoms with Crippen molar-refractivity contribution >= 4 is 68.6 Å². The molecule has 0 amide bonds. The van der Waals surface area contributed by atoms with Gasteiger partial charge in [-0.3, -0.25) is 9.78 Å². The number of pyridine rings is 1. The number of carbonyl (C=O) groups excluding carboxylic acids is 1. The number of nitrogens with zero attached hydrogens (tertiary/aromatic N) is 2. The van der Waals surface area contributed by atoms with E-state index in [1.165, 1.54) is 80.2 Å². The average molecular weight is 765 g/mol. The van der Waals surface area contributed by atoms with E-state index in [0.29, 0.717) is 5.78 Å². The molecule has 12 heteroatoms. The van der Waals surface area contributed by atoms with Gasteiger partial charge in [-0.2, -0.15) is 60.6 Å². The maximum Gasteiger partial charge on any atom is 0.276 e. The summed E-state index contributed by atoms with van der Waals surface area (Å²) in [5.74, 6) is 12.9. The smallest absolute Gasteiger partial charge is 0.276 e. The van der Waals surface area contributed by atoms with Crippen LogP contribution < -0.4 is 10.1 Å². The molecule has 5 saturated heterocycles. The van der Waals surface area contributed by atoms with Gasteiger partial charge in [-0.15, -0.1) is 0 Å². The van der Waals surface area contributed by atoms with Crippen LogP contribution >= 0.6 is 47.0 Å².